The summed E-state index contributed by atoms with van der Waals surface area (Å²) in [6.45, 7) is 3.22. The minimum Gasteiger partial charge on any atom is -0.508 e. The van der Waals surface area contributed by atoms with Gasteiger partial charge in [-0.15, -0.1) is 11.3 Å². The largest absolute Gasteiger partial charge is 0.508 e. The molecule has 1 atom stereocenters. The number of benzene rings is 1. The highest BCUT2D eigenvalue weighted by Gasteiger charge is 2.29. The maximum Gasteiger partial charge on any atom is 0.306 e. The normalized spacial score (nSPS) is 18.5. The molecule has 1 aromatic carbocycles. The van der Waals surface area contributed by atoms with Crippen LogP contribution in [0.1, 0.15) is 17.7 Å². The quantitative estimate of drug-likeness (QED) is 0.530. The van der Waals surface area contributed by atoms with Crippen molar-refractivity contribution in [1.29, 1.82) is 0 Å². The summed E-state index contributed by atoms with van der Waals surface area (Å²) in [5, 5.41) is 12.8. The first-order valence-corrected chi connectivity index (χ1v) is 11.8. The van der Waals surface area contributed by atoms with Crippen LogP contribution < -0.4 is 10.2 Å². The van der Waals surface area contributed by atoms with E-state index in [1.165, 1.54) is 0 Å². The van der Waals surface area contributed by atoms with Crippen LogP contribution in [-0.2, 0) is 25.5 Å². The van der Waals surface area contributed by atoms with Gasteiger partial charge in [-0.3, -0.25) is 9.59 Å². The second-order valence-electron chi connectivity index (χ2n) is 8.01. The highest BCUT2D eigenvalue weighted by molar-refractivity contribution is 7.19. The number of hydrogen-bond acceptors (Lipinski definition) is 9. The van der Waals surface area contributed by atoms with Gasteiger partial charge in [0.1, 0.15) is 5.75 Å². The highest BCUT2D eigenvalue weighted by Crippen LogP contribution is 2.35. The Balaban J connectivity index is 1.39. The van der Waals surface area contributed by atoms with Crippen molar-refractivity contribution in [3.8, 4) is 17.1 Å². The van der Waals surface area contributed by atoms with E-state index in [4.69, 9.17) is 19.4 Å². The number of amides is 1. The van der Waals surface area contributed by atoms with Crippen LogP contribution in [0.2, 0.25) is 0 Å². The Bertz CT molecular complexity index is 1190. The number of ether oxygens (including phenoxy) is 2. The maximum atomic E-state index is 12.2. The van der Waals surface area contributed by atoms with E-state index in [0.717, 1.165) is 39.6 Å². The SMILES string of the molecule is O=C1CCC(C(=O)NCCc2cc3nc(-c4cccc(O)c4)nc(N4CCOCC4)c3s2)O1. The van der Waals surface area contributed by atoms with E-state index in [0.29, 0.717) is 44.8 Å². The molecule has 0 saturated carbocycles. The summed E-state index contributed by atoms with van der Waals surface area (Å²) in [6.07, 6.45) is 0.684. The highest BCUT2D eigenvalue weighted by atomic mass is 32.1. The zero-order chi connectivity index (χ0) is 22.8. The van der Waals surface area contributed by atoms with Crippen molar-refractivity contribution < 1.29 is 24.2 Å². The van der Waals surface area contributed by atoms with Gasteiger partial charge in [0.15, 0.2) is 17.7 Å². The average molecular weight is 469 g/mol. The molecule has 10 heteroatoms. The minimum atomic E-state index is -0.677. The van der Waals surface area contributed by atoms with Gasteiger partial charge >= 0.3 is 5.97 Å². The van der Waals surface area contributed by atoms with Crippen LogP contribution in [0, 0.1) is 0 Å². The van der Waals surface area contributed by atoms with Gasteiger partial charge in [-0.25, -0.2) is 9.97 Å². The third kappa shape index (κ3) is 4.76. The fourth-order valence-corrected chi connectivity index (χ4v) is 5.10. The van der Waals surface area contributed by atoms with Crippen molar-refractivity contribution in [1.82, 2.24) is 15.3 Å². The lowest BCUT2D eigenvalue weighted by atomic mass is 10.2. The monoisotopic (exact) mass is 468 g/mol. The van der Waals surface area contributed by atoms with Crippen LogP contribution in [-0.4, -0.2) is 65.9 Å². The molecule has 4 heterocycles. The van der Waals surface area contributed by atoms with Crippen molar-refractivity contribution in [3.63, 3.8) is 0 Å². The number of nitrogens with one attached hydrogen (secondary N) is 1. The fourth-order valence-electron chi connectivity index (χ4n) is 3.98. The Hall–Kier alpha value is -3.24. The van der Waals surface area contributed by atoms with E-state index in [1.54, 1.807) is 29.5 Å². The number of aromatic hydroxyl groups is 1. The van der Waals surface area contributed by atoms with Gasteiger partial charge < -0.3 is 24.8 Å². The molecule has 2 aliphatic rings. The summed E-state index contributed by atoms with van der Waals surface area (Å²) in [4.78, 5) is 36.3. The standard InChI is InChI=1S/C23H24N4O5S/c28-15-3-1-2-14(12-15)21-25-17-13-16(6-7-24-23(30)18-4-5-19(29)32-18)33-20(17)22(26-21)27-8-10-31-11-9-27/h1-3,12-13,18,28H,4-11H2,(H,24,30). The molecule has 2 N–H and O–H groups in total. The number of phenols is 1. The van der Waals surface area contributed by atoms with Gasteiger partial charge in [-0.05, 0) is 24.6 Å². The molecule has 2 aromatic heterocycles. The van der Waals surface area contributed by atoms with Gasteiger partial charge in [-0.1, -0.05) is 12.1 Å². The molecule has 0 spiro atoms. The Morgan fingerprint density at radius 2 is 2.09 bits per heavy atom. The Morgan fingerprint density at radius 1 is 1.24 bits per heavy atom. The van der Waals surface area contributed by atoms with Crippen LogP contribution in [0.3, 0.4) is 0 Å². The minimum absolute atomic E-state index is 0.166. The topological polar surface area (TPSA) is 114 Å². The molecular formula is C23H24N4O5S. The Labute approximate surface area is 194 Å². The molecule has 1 unspecified atom stereocenters. The molecule has 9 nitrogen and oxygen atoms in total. The zero-order valence-electron chi connectivity index (χ0n) is 18.0. The van der Waals surface area contributed by atoms with Gasteiger partial charge in [0.25, 0.3) is 5.91 Å². The molecule has 5 rings (SSSR count). The number of fused-ring (bicyclic) bond motifs is 1. The maximum absolute atomic E-state index is 12.2. The second kappa shape index (κ2) is 9.32. The van der Waals surface area contributed by atoms with Crippen molar-refractivity contribution in [2.24, 2.45) is 0 Å². The van der Waals surface area contributed by atoms with E-state index in [-0.39, 0.29) is 17.6 Å². The van der Waals surface area contributed by atoms with Crippen LogP contribution >= 0.6 is 11.3 Å². The van der Waals surface area contributed by atoms with E-state index < -0.39 is 6.10 Å². The van der Waals surface area contributed by atoms with E-state index in [9.17, 15) is 14.7 Å². The first kappa shape index (κ1) is 21.6. The number of cyclic esters (lactones) is 1. The third-order valence-electron chi connectivity index (χ3n) is 5.67. The van der Waals surface area contributed by atoms with E-state index in [2.05, 4.69) is 10.2 Å². The van der Waals surface area contributed by atoms with Crippen LogP contribution in [0.5, 0.6) is 5.75 Å². The summed E-state index contributed by atoms with van der Waals surface area (Å²) >= 11 is 1.62. The predicted molar refractivity (Wildman–Crippen MR) is 123 cm³/mol. The number of carbonyl (C=O) groups is 2. The van der Waals surface area contributed by atoms with Gasteiger partial charge in [-0.2, -0.15) is 0 Å². The number of hydrogen-bond donors (Lipinski definition) is 2. The molecule has 3 aromatic rings. The van der Waals surface area contributed by atoms with Crippen LogP contribution in [0.25, 0.3) is 21.6 Å². The number of esters is 1. The lowest BCUT2D eigenvalue weighted by Crippen LogP contribution is -2.36. The second-order valence-corrected chi connectivity index (χ2v) is 9.14. The molecule has 172 valence electrons. The Morgan fingerprint density at radius 3 is 2.85 bits per heavy atom. The first-order chi connectivity index (χ1) is 16.1. The zero-order valence-corrected chi connectivity index (χ0v) is 18.8. The number of nitrogens with zero attached hydrogens (tertiary/aromatic N) is 3. The average Bonchev–Trinajstić information content (AvgIpc) is 3.45. The number of phenolic OH excluding ortho intramolecular Hbond substituents is 1. The number of aromatic nitrogens is 2. The lowest BCUT2D eigenvalue weighted by Gasteiger charge is -2.28. The van der Waals surface area contributed by atoms with Gasteiger partial charge in [0.05, 0.1) is 23.4 Å². The molecule has 0 aliphatic carbocycles. The summed E-state index contributed by atoms with van der Waals surface area (Å²) in [5.41, 5.74) is 1.58. The molecular weight excluding hydrogens is 444 g/mol. The summed E-state index contributed by atoms with van der Waals surface area (Å²) < 4.78 is 11.5. The van der Waals surface area contributed by atoms with Gasteiger partial charge in [0.2, 0.25) is 0 Å². The molecule has 2 aliphatic heterocycles. The first-order valence-electron chi connectivity index (χ1n) is 11.0. The summed E-state index contributed by atoms with van der Waals surface area (Å²) in [5.74, 6) is 1.01. The summed E-state index contributed by atoms with van der Waals surface area (Å²) in [7, 11) is 0. The molecule has 0 bridgehead atoms. The van der Waals surface area contributed by atoms with Crippen molar-refractivity contribution >= 4 is 39.2 Å². The number of anilines is 1. The predicted octanol–water partition coefficient (Wildman–Crippen LogP) is 2.26. The molecule has 1 amide bonds. The third-order valence-corrected chi connectivity index (χ3v) is 6.85. The summed E-state index contributed by atoms with van der Waals surface area (Å²) in [6, 6.07) is 8.95. The number of thiophene rings is 1. The number of rotatable bonds is 6. The Kier molecular flexibility index (Phi) is 6.10. The molecule has 2 fully saturated rings. The lowest BCUT2D eigenvalue weighted by molar-refractivity contribution is -0.148. The van der Waals surface area contributed by atoms with Crippen molar-refractivity contribution in [2.75, 3.05) is 37.7 Å². The number of morpholine rings is 1. The smallest absolute Gasteiger partial charge is 0.306 e. The molecule has 33 heavy (non-hydrogen) atoms. The van der Waals surface area contributed by atoms with E-state index >= 15 is 0 Å². The fraction of sp³-hybridized carbons (Fsp3) is 0.391. The van der Waals surface area contributed by atoms with Crippen molar-refractivity contribution in [2.45, 2.75) is 25.4 Å². The van der Waals surface area contributed by atoms with E-state index in [1.807, 2.05) is 12.1 Å². The number of carbonyl (C=O) groups excluding carboxylic acids is 2. The van der Waals surface area contributed by atoms with Crippen LogP contribution in [0.4, 0.5) is 5.82 Å². The van der Waals surface area contributed by atoms with Crippen molar-refractivity contribution in [3.05, 3.63) is 35.2 Å². The molecule has 0 radical (unpaired) electrons. The molecule has 2 saturated heterocycles. The van der Waals surface area contributed by atoms with Crippen LogP contribution in [0.15, 0.2) is 30.3 Å². The van der Waals surface area contributed by atoms with Gasteiger partial charge in [0, 0.05) is 42.9 Å².